The highest BCUT2D eigenvalue weighted by Crippen LogP contribution is 2.22. The summed E-state index contributed by atoms with van der Waals surface area (Å²) in [6.45, 7) is 8.58. The van der Waals surface area contributed by atoms with Gasteiger partial charge >= 0.3 is 0 Å². The fourth-order valence-corrected chi connectivity index (χ4v) is 3.14. The smallest absolute Gasteiger partial charge is 0.0277 e. The van der Waals surface area contributed by atoms with Crippen molar-refractivity contribution in [3.8, 4) is 0 Å². The van der Waals surface area contributed by atoms with E-state index in [0.717, 1.165) is 12.6 Å². The Morgan fingerprint density at radius 2 is 1.62 bits per heavy atom. The maximum Gasteiger partial charge on any atom is 0.0277 e. The molecule has 1 N–H and O–H groups in total. The fourth-order valence-electron chi connectivity index (χ4n) is 3.14. The van der Waals surface area contributed by atoms with Crippen molar-refractivity contribution < 1.29 is 0 Å². The van der Waals surface area contributed by atoms with E-state index in [9.17, 15) is 0 Å². The number of rotatable bonds is 4. The maximum absolute atomic E-state index is 3.78. The Kier molecular flexibility index (Phi) is 4.26. The lowest BCUT2D eigenvalue weighted by atomic mass is 9.98. The molecule has 2 heteroatoms. The van der Waals surface area contributed by atoms with Crippen molar-refractivity contribution in [2.75, 3.05) is 19.6 Å². The summed E-state index contributed by atoms with van der Waals surface area (Å²) in [5.74, 6) is 0. The van der Waals surface area contributed by atoms with Crippen LogP contribution >= 0.6 is 0 Å². The molecule has 2 nitrogen and oxygen atoms in total. The molecular weight excluding hydrogens is 196 g/mol. The monoisotopic (exact) mass is 224 g/mol. The molecule has 1 heterocycles. The van der Waals surface area contributed by atoms with E-state index >= 15 is 0 Å². The zero-order chi connectivity index (χ0) is 11.4. The minimum Gasteiger partial charge on any atom is -0.312 e. The first-order valence-corrected chi connectivity index (χ1v) is 7.17. The van der Waals surface area contributed by atoms with Gasteiger partial charge in [0.25, 0.3) is 0 Å². The topological polar surface area (TPSA) is 15.3 Å². The first kappa shape index (κ1) is 12.4. The van der Waals surface area contributed by atoms with Crippen LogP contribution in [0.5, 0.6) is 0 Å². The summed E-state index contributed by atoms with van der Waals surface area (Å²) in [4.78, 5) is 2.68. The van der Waals surface area contributed by atoms with Crippen molar-refractivity contribution >= 4 is 0 Å². The van der Waals surface area contributed by atoms with Crippen LogP contribution in [0.2, 0.25) is 0 Å². The molecule has 0 radical (unpaired) electrons. The molecule has 0 aromatic heterocycles. The molecule has 0 bridgehead atoms. The highest BCUT2D eigenvalue weighted by atomic mass is 15.2. The van der Waals surface area contributed by atoms with Crippen molar-refractivity contribution in [3.63, 3.8) is 0 Å². The minimum absolute atomic E-state index is 0.350. The van der Waals surface area contributed by atoms with Gasteiger partial charge in [0.15, 0.2) is 0 Å². The van der Waals surface area contributed by atoms with Gasteiger partial charge in [0, 0.05) is 18.1 Å². The molecular formula is C14H28N2. The quantitative estimate of drug-likeness (QED) is 0.790. The van der Waals surface area contributed by atoms with Crippen molar-refractivity contribution in [1.29, 1.82) is 0 Å². The largest absolute Gasteiger partial charge is 0.312 e. The summed E-state index contributed by atoms with van der Waals surface area (Å²) in [6.07, 6.45) is 9.89. The number of piperidine rings is 1. The van der Waals surface area contributed by atoms with Gasteiger partial charge in [-0.1, -0.05) is 19.3 Å². The Labute approximate surface area is 101 Å². The molecule has 0 aromatic rings. The minimum atomic E-state index is 0.350. The molecule has 16 heavy (non-hydrogen) atoms. The van der Waals surface area contributed by atoms with Crippen LogP contribution in [0.3, 0.4) is 0 Å². The Balaban J connectivity index is 1.76. The van der Waals surface area contributed by atoms with Crippen LogP contribution in [-0.2, 0) is 0 Å². The van der Waals surface area contributed by atoms with E-state index in [1.165, 1.54) is 58.0 Å². The van der Waals surface area contributed by atoms with Gasteiger partial charge in [0.05, 0.1) is 0 Å². The maximum atomic E-state index is 3.78. The van der Waals surface area contributed by atoms with Crippen LogP contribution in [-0.4, -0.2) is 36.1 Å². The number of hydrogen-bond donors (Lipinski definition) is 1. The summed E-state index contributed by atoms with van der Waals surface area (Å²) < 4.78 is 0. The Morgan fingerprint density at radius 3 is 2.25 bits per heavy atom. The van der Waals surface area contributed by atoms with Gasteiger partial charge in [0.1, 0.15) is 0 Å². The molecule has 1 aliphatic heterocycles. The average molecular weight is 224 g/mol. The van der Waals surface area contributed by atoms with Crippen LogP contribution in [0, 0.1) is 0 Å². The molecule has 2 rings (SSSR count). The van der Waals surface area contributed by atoms with E-state index in [1.54, 1.807) is 0 Å². The third kappa shape index (κ3) is 3.21. The first-order valence-electron chi connectivity index (χ1n) is 7.17. The molecule has 94 valence electrons. The normalized spacial score (nSPS) is 25.1. The average Bonchev–Trinajstić information content (AvgIpc) is 2.81. The van der Waals surface area contributed by atoms with Crippen LogP contribution < -0.4 is 5.32 Å². The second kappa shape index (κ2) is 5.50. The van der Waals surface area contributed by atoms with E-state index in [2.05, 4.69) is 24.1 Å². The molecule has 0 amide bonds. The third-order valence-electron chi connectivity index (χ3n) is 4.39. The SMILES string of the molecule is CC(C)(CNC1CCCC1)N1CCCCC1. The summed E-state index contributed by atoms with van der Waals surface area (Å²) in [5, 5.41) is 3.78. The molecule has 1 saturated heterocycles. The predicted octanol–water partition coefficient (Wildman–Crippen LogP) is 2.78. The van der Waals surface area contributed by atoms with Crippen LogP contribution in [0.15, 0.2) is 0 Å². The molecule has 0 atom stereocenters. The van der Waals surface area contributed by atoms with Crippen LogP contribution in [0.1, 0.15) is 58.8 Å². The highest BCUT2D eigenvalue weighted by molar-refractivity contribution is 4.87. The van der Waals surface area contributed by atoms with Gasteiger partial charge in [-0.3, -0.25) is 4.90 Å². The second-order valence-electron chi connectivity index (χ2n) is 6.22. The number of nitrogens with zero attached hydrogens (tertiary/aromatic N) is 1. The predicted molar refractivity (Wildman–Crippen MR) is 69.8 cm³/mol. The fraction of sp³-hybridized carbons (Fsp3) is 1.00. The standard InChI is InChI=1S/C14H28N2/c1-14(2,16-10-6-3-7-11-16)12-15-13-8-4-5-9-13/h13,15H,3-12H2,1-2H3. The van der Waals surface area contributed by atoms with Crippen molar-refractivity contribution in [2.45, 2.75) is 70.4 Å². The molecule has 2 fully saturated rings. The Morgan fingerprint density at radius 1 is 1.00 bits per heavy atom. The van der Waals surface area contributed by atoms with Gasteiger partial charge in [-0.15, -0.1) is 0 Å². The van der Waals surface area contributed by atoms with E-state index in [0.29, 0.717) is 5.54 Å². The molecule has 0 spiro atoms. The second-order valence-corrected chi connectivity index (χ2v) is 6.22. The lowest BCUT2D eigenvalue weighted by Gasteiger charge is -2.41. The van der Waals surface area contributed by atoms with Gasteiger partial charge in [-0.2, -0.15) is 0 Å². The summed E-state index contributed by atoms with van der Waals surface area (Å²) in [6, 6.07) is 0.809. The first-order chi connectivity index (χ1) is 7.68. The zero-order valence-corrected chi connectivity index (χ0v) is 11.1. The van der Waals surface area contributed by atoms with E-state index < -0.39 is 0 Å². The van der Waals surface area contributed by atoms with Gasteiger partial charge in [0.2, 0.25) is 0 Å². The summed E-state index contributed by atoms with van der Waals surface area (Å²) in [5.41, 5.74) is 0.350. The van der Waals surface area contributed by atoms with Gasteiger partial charge in [-0.25, -0.2) is 0 Å². The molecule has 1 aliphatic carbocycles. The van der Waals surface area contributed by atoms with E-state index in [-0.39, 0.29) is 0 Å². The third-order valence-corrected chi connectivity index (χ3v) is 4.39. The van der Waals surface area contributed by atoms with Gasteiger partial charge in [-0.05, 0) is 52.6 Å². The molecule has 0 unspecified atom stereocenters. The van der Waals surface area contributed by atoms with Crippen molar-refractivity contribution in [2.24, 2.45) is 0 Å². The van der Waals surface area contributed by atoms with Gasteiger partial charge < -0.3 is 5.32 Å². The highest BCUT2D eigenvalue weighted by Gasteiger charge is 2.28. The Hall–Kier alpha value is -0.0800. The zero-order valence-electron chi connectivity index (χ0n) is 11.1. The van der Waals surface area contributed by atoms with Crippen LogP contribution in [0.4, 0.5) is 0 Å². The Bertz CT molecular complexity index is 201. The van der Waals surface area contributed by atoms with E-state index in [1.807, 2.05) is 0 Å². The molecule has 1 saturated carbocycles. The lowest BCUT2D eigenvalue weighted by Crippen LogP contribution is -2.53. The lowest BCUT2D eigenvalue weighted by molar-refractivity contribution is 0.0919. The number of nitrogens with one attached hydrogen (secondary N) is 1. The van der Waals surface area contributed by atoms with Crippen molar-refractivity contribution in [1.82, 2.24) is 10.2 Å². The number of likely N-dealkylation sites (tertiary alicyclic amines) is 1. The van der Waals surface area contributed by atoms with E-state index in [4.69, 9.17) is 0 Å². The van der Waals surface area contributed by atoms with Crippen LogP contribution in [0.25, 0.3) is 0 Å². The molecule has 2 aliphatic rings. The number of hydrogen-bond acceptors (Lipinski definition) is 2. The molecule has 0 aromatic carbocycles. The van der Waals surface area contributed by atoms with Crippen molar-refractivity contribution in [3.05, 3.63) is 0 Å². The summed E-state index contributed by atoms with van der Waals surface area (Å²) >= 11 is 0. The summed E-state index contributed by atoms with van der Waals surface area (Å²) in [7, 11) is 0.